The number of anilines is 3. The van der Waals surface area contributed by atoms with Crippen molar-refractivity contribution in [3.63, 3.8) is 0 Å². The van der Waals surface area contributed by atoms with E-state index in [4.69, 9.17) is 4.42 Å². The standard InChI is InChI=1S/C61H37NOS/c1-2-15-38(16-3-1)39-29-31-40(32-30-39)62(54-25-14-27-56-59(54)48-22-8-12-26-55(48)63-56)41-33-35-52-49(37-41)43-18-5-4-17-42(43)44-19-6-10-23-50(44)61(52)51-24-11-7-21-47(51)58-53(61)36-34-46-45-20-9-13-28-57(45)64-60(46)58/h1-37H. The first-order valence-electron chi connectivity index (χ1n) is 22.0. The van der Waals surface area contributed by atoms with Crippen molar-refractivity contribution in [1.82, 2.24) is 0 Å². The molecule has 2 aromatic heterocycles. The van der Waals surface area contributed by atoms with E-state index in [-0.39, 0.29) is 0 Å². The quantitative estimate of drug-likeness (QED) is 0.176. The molecule has 2 heterocycles. The van der Waals surface area contributed by atoms with Crippen molar-refractivity contribution >= 4 is 70.5 Å². The third-order valence-electron chi connectivity index (χ3n) is 13.9. The van der Waals surface area contributed by atoms with Crippen molar-refractivity contribution in [3.8, 4) is 44.5 Å². The Balaban J connectivity index is 1.08. The minimum atomic E-state index is -0.595. The average Bonchev–Trinajstić information content (AvgIpc) is 4.01. The van der Waals surface area contributed by atoms with E-state index >= 15 is 0 Å². The third kappa shape index (κ3) is 4.85. The molecule has 2 nitrogen and oxygen atoms in total. The topological polar surface area (TPSA) is 16.4 Å². The molecule has 0 saturated heterocycles. The van der Waals surface area contributed by atoms with Crippen LogP contribution in [0.25, 0.3) is 86.6 Å². The zero-order valence-electron chi connectivity index (χ0n) is 34.6. The molecule has 1 unspecified atom stereocenters. The maximum absolute atomic E-state index is 6.54. The van der Waals surface area contributed by atoms with E-state index < -0.39 is 5.41 Å². The number of thiophene rings is 1. The van der Waals surface area contributed by atoms with Gasteiger partial charge in [0.1, 0.15) is 11.2 Å². The highest BCUT2D eigenvalue weighted by atomic mass is 32.1. The van der Waals surface area contributed by atoms with Gasteiger partial charge >= 0.3 is 0 Å². The Hall–Kier alpha value is -7.98. The average molecular weight is 832 g/mol. The Morgan fingerprint density at radius 3 is 1.80 bits per heavy atom. The summed E-state index contributed by atoms with van der Waals surface area (Å²) in [5, 5.41) is 4.83. The molecule has 1 spiro atoms. The maximum Gasteiger partial charge on any atom is 0.137 e. The van der Waals surface area contributed by atoms with Gasteiger partial charge in [-0.25, -0.2) is 0 Å². The van der Waals surface area contributed by atoms with Gasteiger partial charge in [-0.2, -0.15) is 0 Å². The largest absolute Gasteiger partial charge is 0.456 e. The number of hydrogen-bond donors (Lipinski definition) is 0. The molecule has 3 heteroatoms. The molecule has 1 atom stereocenters. The summed E-state index contributed by atoms with van der Waals surface area (Å²) in [4.78, 5) is 2.43. The lowest BCUT2D eigenvalue weighted by Gasteiger charge is -2.36. The fourth-order valence-electron chi connectivity index (χ4n) is 11.3. The van der Waals surface area contributed by atoms with Crippen LogP contribution >= 0.6 is 11.3 Å². The molecule has 12 aromatic rings. The summed E-state index contributed by atoms with van der Waals surface area (Å²) in [5.74, 6) is 0. The fourth-order valence-corrected chi connectivity index (χ4v) is 12.6. The third-order valence-corrected chi connectivity index (χ3v) is 15.1. The van der Waals surface area contributed by atoms with Gasteiger partial charge in [-0.3, -0.25) is 0 Å². The van der Waals surface area contributed by atoms with Crippen LogP contribution in [0.3, 0.4) is 0 Å². The normalized spacial score (nSPS) is 14.6. The molecule has 64 heavy (non-hydrogen) atoms. The van der Waals surface area contributed by atoms with E-state index in [1.807, 2.05) is 17.4 Å². The molecule has 14 rings (SSSR count). The lowest BCUT2D eigenvalue weighted by Crippen LogP contribution is -2.29. The molecular formula is C61H37NOS. The number of fused-ring (bicyclic) bond motifs is 19. The molecule has 0 amide bonds. The summed E-state index contributed by atoms with van der Waals surface area (Å²) >= 11 is 1.92. The highest BCUT2D eigenvalue weighted by Gasteiger charge is 2.50. The summed E-state index contributed by atoms with van der Waals surface area (Å²) < 4.78 is 9.21. The second-order valence-electron chi connectivity index (χ2n) is 17.1. The van der Waals surface area contributed by atoms with Crippen molar-refractivity contribution in [1.29, 1.82) is 0 Å². The zero-order chi connectivity index (χ0) is 41.9. The summed E-state index contributed by atoms with van der Waals surface area (Å²) in [6.45, 7) is 0. The van der Waals surface area contributed by atoms with Gasteiger partial charge in [-0.05, 0) is 110 Å². The monoisotopic (exact) mass is 831 g/mol. The highest BCUT2D eigenvalue weighted by Crippen LogP contribution is 2.64. The number of rotatable bonds is 4. The minimum Gasteiger partial charge on any atom is -0.456 e. The molecule has 0 radical (unpaired) electrons. The fraction of sp³-hybridized carbons (Fsp3) is 0.0164. The van der Waals surface area contributed by atoms with Crippen LogP contribution in [0.15, 0.2) is 229 Å². The van der Waals surface area contributed by atoms with E-state index in [1.54, 1.807) is 0 Å². The van der Waals surface area contributed by atoms with Crippen LogP contribution < -0.4 is 4.90 Å². The van der Waals surface area contributed by atoms with Crippen molar-refractivity contribution in [2.75, 3.05) is 4.90 Å². The summed E-state index contributed by atoms with van der Waals surface area (Å²) in [7, 11) is 0. The van der Waals surface area contributed by atoms with Gasteiger partial charge in [0, 0.05) is 42.5 Å². The first-order chi connectivity index (χ1) is 31.8. The van der Waals surface area contributed by atoms with Gasteiger partial charge in [0.05, 0.1) is 16.5 Å². The molecule has 0 aliphatic heterocycles. The molecule has 10 aromatic carbocycles. The number of furan rings is 1. The van der Waals surface area contributed by atoms with Crippen LogP contribution in [0.1, 0.15) is 22.3 Å². The second kappa shape index (κ2) is 13.5. The zero-order valence-corrected chi connectivity index (χ0v) is 35.4. The highest BCUT2D eigenvalue weighted by molar-refractivity contribution is 7.26. The number of benzene rings is 10. The van der Waals surface area contributed by atoms with Gasteiger partial charge in [0.25, 0.3) is 0 Å². The van der Waals surface area contributed by atoms with Crippen molar-refractivity contribution in [3.05, 3.63) is 247 Å². The first-order valence-corrected chi connectivity index (χ1v) is 22.8. The summed E-state index contributed by atoms with van der Waals surface area (Å²) in [6, 6.07) is 82.9. The second-order valence-corrected chi connectivity index (χ2v) is 18.1. The molecule has 0 N–H and O–H groups in total. The molecule has 298 valence electrons. The van der Waals surface area contributed by atoms with Gasteiger partial charge in [-0.15, -0.1) is 11.3 Å². The Bertz CT molecular complexity index is 3860. The molecule has 2 aliphatic carbocycles. The maximum atomic E-state index is 6.54. The predicted octanol–water partition coefficient (Wildman–Crippen LogP) is 17.1. The van der Waals surface area contributed by atoms with Gasteiger partial charge in [-0.1, -0.05) is 176 Å². The van der Waals surface area contributed by atoms with Crippen molar-refractivity contribution < 1.29 is 4.42 Å². The van der Waals surface area contributed by atoms with Gasteiger partial charge < -0.3 is 9.32 Å². The van der Waals surface area contributed by atoms with Crippen LogP contribution in [0.5, 0.6) is 0 Å². The van der Waals surface area contributed by atoms with E-state index in [0.29, 0.717) is 0 Å². The summed E-state index contributed by atoms with van der Waals surface area (Å²) in [5.41, 5.74) is 19.6. The van der Waals surface area contributed by atoms with Crippen LogP contribution in [0.2, 0.25) is 0 Å². The van der Waals surface area contributed by atoms with E-state index in [2.05, 4.69) is 223 Å². The SMILES string of the molecule is c1ccc(-c2ccc(N(c3ccc4c(c3)-c3ccccc3-c3ccccc3C43c4ccccc4-c4c3ccc3c4sc4ccccc43)c3cccc4oc5ccccc5c34)cc2)cc1. The molecule has 0 saturated carbocycles. The van der Waals surface area contributed by atoms with Gasteiger partial charge in [0.2, 0.25) is 0 Å². The Kier molecular flexibility index (Phi) is 7.51. The van der Waals surface area contributed by atoms with Crippen LogP contribution in [-0.4, -0.2) is 0 Å². The Labute approximate surface area is 374 Å². The Morgan fingerprint density at radius 1 is 0.375 bits per heavy atom. The molecule has 0 fully saturated rings. The van der Waals surface area contributed by atoms with Crippen LogP contribution in [0.4, 0.5) is 17.1 Å². The van der Waals surface area contributed by atoms with E-state index in [9.17, 15) is 0 Å². The van der Waals surface area contributed by atoms with Crippen molar-refractivity contribution in [2.24, 2.45) is 0 Å². The molecule has 2 aliphatic rings. The number of para-hydroxylation sites is 1. The predicted molar refractivity (Wildman–Crippen MR) is 268 cm³/mol. The lowest BCUT2D eigenvalue weighted by atomic mass is 9.66. The number of hydrogen-bond acceptors (Lipinski definition) is 3. The smallest absolute Gasteiger partial charge is 0.137 e. The Morgan fingerprint density at radius 2 is 0.969 bits per heavy atom. The number of nitrogens with zero attached hydrogens (tertiary/aromatic N) is 1. The minimum absolute atomic E-state index is 0.595. The van der Waals surface area contributed by atoms with E-state index in [0.717, 1.165) is 39.0 Å². The summed E-state index contributed by atoms with van der Waals surface area (Å²) in [6.07, 6.45) is 0. The van der Waals surface area contributed by atoms with Crippen LogP contribution in [0, 0.1) is 0 Å². The molecule has 0 bridgehead atoms. The van der Waals surface area contributed by atoms with Gasteiger partial charge in [0.15, 0.2) is 0 Å². The van der Waals surface area contributed by atoms with E-state index in [1.165, 1.54) is 86.9 Å². The first kappa shape index (κ1) is 35.6. The van der Waals surface area contributed by atoms with Crippen molar-refractivity contribution in [2.45, 2.75) is 5.41 Å². The van der Waals surface area contributed by atoms with Crippen LogP contribution in [-0.2, 0) is 5.41 Å². The molecular weight excluding hydrogens is 795 g/mol. The lowest BCUT2D eigenvalue weighted by molar-refractivity contribution is 0.669.